The molecule has 1 N–H and O–H groups in total. The minimum Gasteiger partial charge on any atom is -0.445 e. The second-order valence-corrected chi connectivity index (χ2v) is 5.28. The molecule has 0 aliphatic carbocycles. The van der Waals surface area contributed by atoms with Gasteiger partial charge in [-0.25, -0.2) is 4.79 Å². The van der Waals surface area contributed by atoms with Crippen LogP contribution in [0.15, 0.2) is 60.7 Å². The highest BCUT2D eigenvalue weighted by atomic mass is 16.7. The molecule has 5 nitrogen and oxygen atoms in total. The molecule has 0 saturated heterocycles. The van der Waals surface area contributed by atoms with Crippen LogP contribution in [0.3, 0.4) is 0 Å². The second-order valence-electron chi connectivity index (χ2n) is 5.28. The Labute approximate surface area is 148 Å². The Kier molecular flexibility index (Phi) is 7.69. The smallest absolute Gasteiger partial charge is 0.407 e. The number of carbonyl (C=O) groups is 1. The van der Waals surface area contributed by atoms with E-state index in [4.69, 9.17) is 14.2 Å². The van der Waals surface area contributed by atoms with Gasteiger partial charge in [0.1, 0.15) is 6.61 Å². The first-order valence-corrected chi connectivity index (χ1v) is 8.00. The van der Waals surface area contributed by atoms with E-state index < -0.39 is 12.4 Å². The third-order valence-corrected chi connectivity index (χ3v) is 3.55. The Balaban J connectivity index is 1.82. The lowest BCUT2D eigenvalue weighted by atomic mass is 10.1. The maximum absolute atomic E-state index is 11.7. The molecular formula is C20H23NO4. The Hall–Kier alpha value is -2.63. The molecule has 0 bridgehead atoms. The molecule has 0 spiro atoms. The van der Waals surface area contributed by atoms with Crippen LogP contribution in [0.5, 0.6) is 0 Å². The molecule has 5 heteroatoms. The summed E-state index contributed by atoms with van der Waals surface area (Å²) in [4.78, 5) is 11.7. The van der Waals surface area contributed by atoms with Crippen LogP contribution < -0.4 is 5.32 Å². The molecule has 0 fully saturated rings. The first-order chi connectivity index (χ1) is 12.2. The molecule has 25 heavy (non-hydrogen) atoms. The zero-order valence-corrected chi connectivity index (χ0v) is 14.5. The predicted molar refractivity (Wildman–Crippen MR) is 96.9 cm³/mol. The molecule has 0 unspecified atom stereocenters. The Morgan fingerprint density at radius 1 is 1.04 bits per heavy atom. The maximum atomic E-state index is 11.7. The summed E-state index contributed by atoms with van der Waals surface area (Å²) in [6.45, 7) is 0.620. The summed E-state index contributed by atoms with van der Waals surface area (Å²) in [5, 5.41) is 2.69. The van der Waals surface area contributed by atoms with Crippen molar-refractivity contribution in [2.45, 2.75) is 12.9 Å². The van der Waals surface area contributed by atoms with Gasteiger partial charge < -0.3 is 19.5 Å². The summed E-state index contributed by atoms with van der Waals surface area (Å²) in [6, 6.07) is 17.3. The molecule has 2 aromatic rings. The quantitative estimate of drug-likeness (QED) is 0.740. The van der Waals surface area contributed by atoms with Crippen molar-refractivity contribution in [3.8, 4) is 0 Å². The monoisotopic (exact) mass is 341 g/mol. The number of carbonyl (C=O) groups excluding carboxylic acids is 1. The number of nitrogens with one attached hydrogen (secondary N) is 1. The van der Waals surface area contributed by atoms with Gasteiger partial charge in [0.2, 0.25) is 0 Å². The lowest BCUT2D eigenvalue weighted by Gasteiger charge is -2.16. The van der Waals surface area contributed by atoms with Crippen LogP contribution in [0.25, 0.3) is 6.08 Å². The molecule has 0 radical (unpaired) electrons. The summed E-state index contributed by atoms with van der Waals surface area (Å²) in [5.41, 5.74) is 2.85. The molecule has 2 aromatic carbocycles. The standard InChI is InChI=1S/C20H23NO4/c1-23-19(24-2)18-13-7-6-11-17(18)12-8-14-21-20(22)25-15-16-9-4-3-5-10-16/h3-13,19H,14-15H2,1-2H3,(H,21,22). The van der Waals surface area contributed by atoms with E-state index in [1.54, 1.807) is 14.2 Å². The molecule has 2 rings (SSSR count). The third-order valence-electron chi connectivity index (χ3n) is 3.55. The van der Waals surface area contributed by atoms with Crippen LogP contribution in [0.2, 0.25) is 0 Å². The number of alkyl carbamates (subject to hydrolysis) is 1. The lowest BCUT2D eigenvalue weighted by Crippen LogP contribution is -2.24. The highest BCUT2D eigenvalue weighted by Gasteiger charge is 2.11. The van der Waals surface area contributed by atoms with Crippen LogP contribution in [-0.2, 0) is 20.8 Å². The van der Waals surface area contributed by atoms with E-state index in [0.717, 1.165) is 16.7 Å². The lowest BCUT2D eigenvalue weighted by molar-refractivity contribution is -0.106. The summed E-state index contributed by atoms with van der Waals surface area (Å²) in [7, 11) is 3.19. The summed E-state index contributed by atoms with van der Waals surface area (Å²) >= 11 is 0. The van der Waals surface area contributed by atoms with Crippen molar-refractivity contribution < 1.29 is 19.0 Å². The minimum absolute atomic E-state index is 0.253. The van der Waals surface area contributed by atoms with E-state index in [1.165, 1.54) is 0 Å². The van der Waals surface area contributed by atoms with Gasteiger partial charge in [-0.2, -0.15) is 0 Å². The van der Waals surface area contributed by atoms with E-state index in [-0.39, 0.29) is 6.61 Å². The van der Waals surface area contributed by atoms with Crippen molar-refractivity contribution in [1.82, 2.24) is 5.32 Å². The third kappa shape index (κ3) is 6.06. The Morgan fingerprint density at radius 3 is 2.44 bits per heavy atom. The van der Waals surface area contributed by atoms with Crippen molar-refractivity contribution >= 4 is 12.2 Å². The van der Waals surface area contributed by atoms with E-state index in [9.17, 15) is 4.79 Å². The molecular weight excluding hydrogens is 318 g/mol. The number of amides is 1. The molecule has 0 saturated carbocycles. The zero-order chi connectivity index (χ0) is 17.9. The average Bonchev–Trinajstić information content (AvgIpc) is 2.66. The fourth-order valence-corrected chi connectivity index (χ4v) is 2.33. The number of hydrogen-bond donors (Lipinski definition) is 1. The maximum Gasteiger partial charge on any atom is 0.407 e. The van der Waals surface area contributed by atoms with E-state index in [1.807, 2.05) is 66.7 Å². The van der Waals surface area contributed by atoms with E-state index in [2.05, 4.69) is 5.32 Å². The Bertz CT molecular complexity index is 681. The van der Waals surface area contributed by atoms with Gasteiger partial charge in [0.05, 0.1) is 0 Å². The van der Waals surface area contributed by atoms with Crippen LogP contribution in [-0.4, -0.2) is 26.9 Å². The fourth-order valence-electron chi connectivity index (χ4n) is 2.33. The minimum atomic E-state index is -0.451. The van der Waals surface area contributed by atoms with E-state index >= 15 is 0 Å². The summed E-state index contributed by atoms with van der Waals surface area (Å²) in [6.07, 6.45) is 2.89. The van der Waals surface area contributed by atoms with Gasteiger partial charge in [-0.05, 0) is 11.1 Å². The van der Waals surface area contributed by atoms with Crippen molar-refractivity contribution in [3.63, 3.8) is 0 Å². The van der Waals surface area contributed by atoms with Crippen LogP contribution >= 0.6 is 0 Å². The van der Waals surface area contributed by atoms with Gasteiger partial charge in [-0.15, -0.1) is 0 Å². The number of methoxy groups -OCH3 is 2. The molecule has 0 aliphatic rings. The van der Waals surface area contributed by atoms with Crippen LogP contribution in [0.1, 0.15) is 23.0 Å². The SMILES string of the molecule is COC(OC)c1ccccc1C=CCNC(=O)OCc1ccccc1. The molecule has 0 aromatic heterocycles. The zero-order valence-electron chi connectivity index (χ0n) is 14.5. The summed E-state index contributed by atoms with van der Waals surface area (Å²) < 4.78 is 15.8. The highest BCUT2D eigenvalue weighted by Crippen LogP contribution is 2.22. The molecule has 0 atom stereocenters. The van der Waals surface area contributed by atoms with Gasteiger partial charge in [0.25, 0.3) is 0 Å². The molecule has 0 aliphatic heterocycles. The Morgan fingerprint density at radius 2 is 1.72 bits per heavy atom. The topological polar surface area (TPSA) is 56.8 Å². The van der Waals surface area contributed by atoms with Crippen molar-refractivity contribution in [3.05, 3.63) is 77.4 Å². The number of hydrogen-bond acceptors (Lipinski definition) is 4. The van der Waals surface area contributed by atoms with Crippen molar-refractivity contribution in [2.24, 2.45) is 0 Å². The highest BCUT2D eigenvalue weighted by molar-refractivity contribution is 5.67. The van der Waals surface area contributed by atoms with Gasteiger partial charge >= 0.3 is 6.09 Å². The predicted octanol–water partition coefficient (Wildman–Crippen LogP) is 3.92. The fraction of sp³-hybridized carbons (Fsp3) is 0.250. The molecule has 132 valence electrons. The second kappa shape index (κ2) is 10.3. The average molecular weight is 341 g/mol. The first kappa shape index (κ1) is 18.7. The number of rotatable bonds is 8. The van der Waals surface area contributed by atoms with Crippen LogP contribution in [0.4, 0.5) is 4.79 Å². The molecule has 1 amide bonds. The largest absolute Gasteiger partial charge is 0.445 e. The van der Waals surface area contributed by atoms with Gasteiger partial charge in [-0.3, -0.25) is 0 Å². The molecule has 0 heterocycles. The van der Waals surface area contributed by atoms with E-state index in [0.29, 0.717) is 6.54 Å². The summed E-state index contributed by atoms with van der Waals surface area (Å²) in [5.74, 6) is 0. The number of benzene rings is 2. The van der Waals surface area contributed by atoms with Gasteiger partial charge in [0.15, 0.2) is 6.29 Å². The van der Waals surface area contributed by atoms with Crippen molar-refractivity contribution in [1.29, 1.82) is 0 Å². The van der Waals surface area contributed by atoms with Gasteiger partial charge in [-0.1, -0.05) is 66.7 Å². The first-order valence-electron chi connectivity index (χ1n) is 8.00. The normalized spacial score (nSPS) is 11.0. The van der Waals surface area contributed by atoms with Crippen LogP contribution in [0, 0.1) is 0 Å². The number of ether oxygens (including phenoxy) is 3. The van der Waals surface area contributed by atoms with Gasteiger partial charge in [0, 0.05) is 26.3 Å². The van der Waals surface area contributed by atoms with Crippen molar-refractivity contribution in [2.75, 3.05) is 20.8 Å².